The van der Waals surface area contributed by atoms with E-state index in [1.807, 2.05) is 35.8 Å². The lowest BCUT2D eigenvalue weighted by molar-refractivity contribution is 0.102. The zero-order valence-corrected chi connectivity index (χ0v) is 16.6. The zero-order chi connectivity index (χ0) is 20.9. The number of halogens is 1. The summed E-state index contributed by atoms with van der Waals surface area (Å²) in [6.07, 6.45) is 3.70. The Morgan fingerprint density at radius 2 is 1.97 bits per heavy atom. The van der Waals surface area contributed by atoms with Gasteiger partial charge in [0.25, 0.3) is 5.91 Å². The second-order valence-electron chi connectivity index (χ2n) is 6.71. The number of anilines is 1. The third-order valence-corrected chi connectivity index (χ3v) is 4.70. The number of hydrogen-bond donors (Lipinski definition) is 1. The lowest BCUT2D eigenvalue weighted by atomic mass is 10.3. The summed E-state index contributed by atoms with van der Waals surface area (Å²) in [6, 6.07) is 14.0. The molecule has 0 aliphatic heterocycles. The molecule has 0 aliphatic rings. The van der Waals surface area contributed by atoms with Gasteiger partial charge in [-0.3, -0.25) is 10.1 Å². The van der Waals surface area contributed by atoms with Crippen molar-refractivity contribution in [1.82, 2.24) is 19.3 Å². The Bertz CT molecular complexity index is 1170. The average molecular weight is 407 g/mol. The Hall–Kier alpha value is -3.52. The predicted octanol–water partition coefficient (Wildman–Crippen LogP) is 4.04. The number of fused-ring (bicyclic) bond motifs is 1. The number of para-hydroxylation sites is 3. The highest BCUT2D eigenvalue weighted by Crippen LogP contribution is 2.21. The van der Waals surface area contributed by atoms with Gasteiger partial charge in [-0.05, 0) is 37.6 Å². The van der Waals surface area contributed by atoms with Gasteiger partial charge in [0.1, 0.15) is 11.5 Å². The van der Waals surface area contributed by atoms with E-state index in [2.05, 4.69) is 15.4 Å². The van der Waals surface area contributed by atoms with Gasteiger partial charge in [0.2, 0.25) is 5.95 Å². The maximum Gasteiger partial charge on any atom is 0.261 e. The molecule has 4 rings (SSSR count). The second-order valence-corrected chi connectivity index (χ2v) is 6.71. The van der Waals surface area contributed by atoms with Crippen LogP contribution in [-0.2, 0) is 11.3 Å². The summed E-state index contributed by atoms with van der Waals surface area (Å²) in [4.78, 5) is 17.4. The van der Waals surface area contributed by atoms with Crippen LogP contribution in [0.3, 0.4) is 0 Å². The molecule has 2 heterocycles. The first-order valence-electron chi connectivity index (χ1n) is 9.81. The third kappa shape index (κ3) is 4.08. The summed E-state index contributed by atoms with van der Waals surface area (Å²) in [5.41, 5.74) is 2.32. The number of nitrogens with zero attached hydrogens (tertiary/aromatic N) is 4. The van der Waals surface area contributed by atoms with Gasteiger partial charge in [-0.15, -0.1) is 0 Å². The van der Waals surface area contributed by atoms with E-state index in [4.69, 9.17) is 4.74 Å². The first-order valence-corrected chi connectivity index (χ1v) is 9.81. The highest BCUT2D eigenvalue weighted by molar-refractivity contribution is 6.03. The van der Waals surface area contributed by atoms with Gasteiger partial charge in [0, 0.05) is 26.0 Å². The quantitative estimate of drug-likeness (QED) is 0.448. The van der Waals surface area contributed by atoms with Gasteiger partial charge in [-0.25, -0.2) is 14.1 Å². The molecule has 0 radical (unpaired) electrons. The smallest absolute Gasteiger partial charge is 0.261 e. The number of aromatic nitrogens is 4. The molecule has 0 saturated carbocycles. The minimum atomic E-state index is -0.413. The van der Waals surface area contributed by atoms with Gasteiger partial charge >= 0.3 is 0 Å². The molecule has 0 atom stereocenters. The van der Waals surface area contributed by atoms with Crippen LogP contribution in [0.4, 0.5) is 10.3 Å². The minimum Gasteiger partial charge on any atom is -0.382 e. The van der Waals surface area contributed by atoms with E-state index in [0.29, 0.717) is 31.3 Å². The molecule has 0 spiro atoms. The van der Waals surface area contributed by atoms with Crippen molar-refractivity contribution in [2.24, 2.45) is 0 Å². The van der Waals surface area contributed by atoms with E-state index in [-0.39, 0.29) is 11.6 Å². The Labute approximate surface area is 173 Å². The molecule has 8 heteroatoms. The fraction of sp³-hybridized carbons (Fsp3) is 0.227. The topological polar surface area (TPSA) is 74.0 Å². The van der Waals surface area contributed by atoms with Crippen molar-refractivity contribution in [2.75, 3.05) is 18.5 Å². The molecule has 1 amide bonds. The van der Waals surface area contributed by atoms with E-state index >= 15 is 0 Å². The Morgan fingerprint density at radius 3 is 2.80 bits per heavy atom. The van der Waals surface area contributed by atoms with Crippen LogP contribution in [0, 0.1) is 5.82 Å². The lowest BCUT2D eigenvalue weighted by Gasteiger charge is -2.09. The monoisotopic (exact) mass is 407 g/mol. The van der Waals surface area contributed by atoms with Gasteiger partial charge < -0.3 is 9.30 Å². The number of benzene rings is 2. The molecular weight excluding hydrogens is 385 g/mol. The second kappa shape index (κ2) is 8.87. The minimum absolute atomic E-state index is 0.278. The van der Waals surface area contributed by atoms with Crippen molar-refractivity contribution in [1.29, 1.82) is 0 Å². The van der Waals surface area contributed by atoms with Gasteiger partial charge in [0.05, 0.1) is 22.8 Å². The lowest BCUT2D eigenvalue weighted by Crippen LogP contribution is -2.16. The molecule has 2 aromatic heterocycles. The summed E-state index contributed by atoms with van der Waals surface area (Å²) in [6.45, 7) is 3.91. The van der Waals surface area contributed by atoms with Crippen LogP contribution < -0.4 is 5.32 Å². The summed E-state index contributed by atoms with van der Waals surface area (Å²) in [7, 11) is 0. The van der Waals surface area contributed by atoms with Crippen LogP contribution in [0.25, 0.3) is 16.7 Å². The molecular formula is C22H22FN5O2. The van der Waals surface area contributed by atoms with Gasteiger partial charge in [0.15, 0.2) is 0 Å². The fourth-order valence-electron chi connectivity index (χ4n) is 3.25. The highest BCUT2D eigenvalue weighted by Gasteiger charge is 2.16. The molecule has 2 aromatic carbocycles. The zero-order valence-electron chi connectivity index (χ0n) is 16.6. The number of carbonyl (C=O) groups excluding carboxylic acids is 1. The van der Waals surface area contributed by atoms with Crippen molar-refractivity contribution in [3.05, 3.63) is 72.3 Å². The summed E-state index contributed by atoms with van der Waals surface area (Å²) in [5.74, 6) is -0.320. The molecule has 0 saturated heterocycles. The maximum absolute atomic E-state index is 14.0. The largest absolute Gasteiger partial charge is 0.382 e. The van der Waals surface area contributed by atoms with Crippen LogP contribution in [0.5, 0.6) is 0 Å². The van der Waals surface area contributed by atoms with E-state index in [0.717, 1.165) is 17.5 Å². The number of amides is 1. The predicted molar refractivity (Wildman–Crippen MR) is 112 cm³/mol. The summed E-state index contributed by atoms with van der Waals surface area (Å²) in [5, 5.41) is 6.98. The van der Waals surface area contributed by atoms with Crippen molar-refractivity contribution in [2.45, 2.75) is 19.9 Å². The molecule has 0 fully saturated rings. The number of hydrogen-bond acceptors (Lipinski definition) is 4. The Balaban J connectivity index is 1.56. The fourth-order valence-corrected chi connectivity index (χ4v) is 3.25. The Kier molecular flexibility index (Phi) is 5.85. The molecule has 0 bridgehead atoms. The van der Waals surface area contributed by atoms with Crippen molar-refractivity contribution in [3.63, 3.8) is 0 Å². The summed E-state index contributed by atoms with van der Waals surface area (Å²) >= 11 is 0. The molecule has 0 unspecified atom stereocenters. The van der Waals surface area contributed by atoms with Crippen LogP contribution in [-0.4, -0.2) is 38.5 Å². The van der Waals surface area contributed by atoms with Gasteiger partial charge in [-0.2, -0.15) is 5.10 Å². The number of aryl methyl sites for hydroxylation is 1. The van der Waals surface area contributed by atoms with E-state index in [1.54, 1.807) is 18.2 Å². The molecule has 1 N–H and O–H groups in total. The van der Waals surface area contributed by atoms with Crippen LogP contribution in [0.2, 0.25) is 0 Å². The van der Waals surface area contributed by atoms with Crippen LogP contribution in [0.15, 0.2) is 60.9 Å². The van der Waals surface area contributed by atoms with Crippen LogP contribution in [0.1, 0.15) is 23.7 Å². The number of imidazole rings is 1. The number of nitrogens with one attached hydrogen (secondary N) is 1. The number of ether oxygens (including phenoxy) is 1. The summed E-state index contributed by atoms with van der Waals surface area (Å²) < 4.78 is 22.7. The standard InChI is InChI=1S/C22H22FN5O2/c1-2-30-13-7-12-27-20-11-6-4-9-18(20)25-22(27)26-21(29)16-14-24-28(15-16)19-10-5-3-8-17(19)23/h3-6,8-11,14-15H,2,7,12-13H2,1H3,(H,25,26,29). The van der Waals surface area contributed by atoms with Crippen LogP contribution >= 0.6 is 0 Å². The SMILES string of the molecule is CCOCCCn1c(NC(=O)c2cnn(-c3ccccc3F)c2)nc2ccccc21. The number of rotatable bonds is 8. The van der Waals surface area contributed by atoms with E-state index in [9.17, 15) is 9.18 Å². The average Bonchev–Trinajstić information content (AvgIpc) is 3.37. The van der Waals surface area contributed by atoms with Crippen molar-refractivity contribution in [3.8, 4) is 5.69 Å². The van der Waals surface area contributed by atoms with E-state index < -0.39 is 5.82 Å². The van der Waals surface area contributed by atoms with E-state index in [1.165, 1.54) is 23.1 Å². The third-order valence-electron chi connectivity index (χ3n) is 4.70. The molecule has 4 aromatic rings. The molecule has 154 valence electrons. The van der Waals surface area contributed by atoms with Crippen molar-refractivity contribution >= 4 is 22.9 Å². The maximum atomic E-state index is 14.0. The number of carbonyl (C=O) groups is 1. The van der Waals surface area contributed by atoms with Crippen molar-refractivity contribution < 1.29 is 13.9 Å². The highest BCUT2D eigenvalue weighted by atomic mass is 19.1. The normalized spacial score (nSPS) is 11.1. The first-order chi connectivity index (χ1) is 14.7. The molecule has 7 nitrogen and oxygen atoms in total. The molecule has 0 aliphatic carbocycles. The first kappa shape index (κ1) is 19.8. The van der Waals surface area contributed by atoms with Gasteiger partial charge in [-0.1, -0.05) is 24.3 Å². The Morgan fingerprint density at radius 1 is 1.17 bits per heavy atom. The molecule has 30 heavy (non-hydrogen) atoms.